The summed E-state index contributed by atoms with van der Waals surface area (Å²) in [6.07, 6.45) is -17.9. The van der Waals surface area contributed by atoms with Gasteiger partial charge in [0.1, 0.15) is 48.8 Å². The van der Waals surface area contributed by atoms with Gasteiger partial charge in [-0.2, -0.15) is 0 Å². The average Bonchev–Trinajstić information content (AvgIpc) is 2.61. The van der Waals surface area contributed by atoms with Crippen molar-refractivity contribution in [3.8, 4) is 0 Å². The summed E-state index contributed by atoms with van der Waals surface area (Å²) in [7, 11) is 0. The van der Waals surface area contributed by atoms with Crippen LogP contribution >= 0.6 is 0 Å². The van der Waals surface area contributed by atoms with E-state index in [1.807, 2.05) is 0 Å². The van der Waals surface area contributed by atoms with Crippen LogP contribution in [0.15, 0.2) is 0 Å². The second kappa shape index (κ2) is 12.7. The van der Waals surface area contributed by atoms with E-state index in [1.165, 1.54) is 0 Å². The minimum atomic E-state index is -2.33. The first-order valence-electron chi connectivity index (χ1n) is 7.69. The van der Waals surface area contributed by atoms with Crippen molar-refractivity contribution in [2.45, 2.75) is 61.4 Å². The van der Waals surface area contributed by atoms with Crippen LogP contribution in [0.1, 0.15) is 0 Å². The van der Waals surface area contributed by atoms with Crippen LogP contribution in [0.25, 0.3) is 0 Å². The number of hydrogen-bond donors (Lipinski definition) is 8. The summed E-state index contributed by atoms with van der Waals surface area (Å²) in [5.41, 5.74) is 0. The molecule has 2 heterocycles. The second-order valence-corrected chi connectivity index (χ2v) is 5.78. The van der Waals surface area contributed by atoms with Gasteiger partial charge in [0.15, 0.2) is 12.6 Å². The monoisotopic (exact) mass is 442 g/mol. The molecular formula is C13H22CaO14. The molecular weight excluding hydrogens is 420 g/mol. The molecule has 0 spiro atoms. The van der Waals surface area contributed by atoms with Gasteiger partial charge in [0.05, 0.1) is 13.2 Å². The maximum atomic E-state index is 9.94. The molecule has 2 aliphatic rings. The predicted octanol–water partition coefficient (Wildman–Crippen LogP) is -8.22. The van der Waals surface area contributed by atoms with Crippen molar-refractivity contribution in [2.75, 3.05) is 13.2 Å². The zero-order valence-electron chi connectivity index (χ0n) is 14.4. The Balaban J connectivity index is 0.00000133. The molecule has 0 saturated carbocycles. The third kappa shape index (κ3) is 7.10. The van der Waals surface area contributed by atoms with Crippen molar-refractivity contribution in [3.05, 3.63) is 0 Å². The van der Waals surface area contributed by atoms with Gasteiger partial charge < -0.3 is 70.1 Å². The van der Waals surface area contributed by atoms with Crippen LogP contribution in [0, 0.1) is 0 Å². The average molecular weight is 442 g/mol. The van der Waals surface area contributed by atoms with E-state index in [1.54, 1.807) is 0 Å². The van der Waals surface area contributed by atoms with Gasteiger partial charge >= 0.3 is 37.7 Å². The molecule has 0 unspecified atom stereocenters. The van der Waals surface area contributed by atoms with Crippen molar-refractivity contribution in [1.29, 1.82) is 0 Å². The van der Waals surface area contributed by atoms with E-state index < -0.39 is 80.8 Å². The van der Waals surface area contributed by atoms with Gasteiger partial charge in [0.25, 0.3) is 0 Å². The zero-order chi connectivity index (χ0) is 20.9. The summed E-state index contributed by atoms with van der Waals surface area (Å²) in [6, 6.07) is 0. The Hall–Kier alpha value is 0.0897. The van der Waals surface area contributed by atoms with E-state index in [2.05, 4.69) is 0 Å². The number of aliphatic hydroxyl groups is 8. The van der Waals surface area contributed by atoms with E-state index in [0.29, 0.717) is 0 Å². The first kappa shape index (κ1) is 28.1. The summed E-state index contributed by atoms with van der Waals surface area (Å²) >= 11 is 0. The fourth-order valence-electron chi connectivity index (χ4n) is 2.57. The standard InChI is InChI=1S/C12H22O11.CH2O3.Ca/c13-1-3-5(15)6(16)9(19)12(22-3)23-10-4(2-14)21-11(20)8(18)7(10)17;2-1(3)4;/h3-20H,1-2H2;(H2,2,3,4);/q;;+2/p-2/t3-,4-,5+,6+,7-,8-,9-,10-,11+,12+;;/m1../s1. The van der Waals surface area contributed by atoms with Gasteiger partial charge in [-0.1, -0.05) is 0 Å². The minimum Gasteiger partial charge on any atom is -0.652 e. The summed E-state index contributed by atoms with van der Waals surface area (Å²) in [5.74, 6) is 0. The van der Waals surface area contributed by atoms with Crippen molar-refractivity contribution in [3.63, 3.8) is 0 Å². The normalized spacial score (nSPS) is 43.3. The Morgan fingerprint density at radius 1 is 0.786 bits per heavy atom. The number of rotatable bonds is 4. The Bertz CT molecular complexity index is 461. The van der Waals surface area contributed by atoms with E-state index in [4.69, 9.17) is 34.3 Å². The first-order valence-corrected chi connectivity index (χ1v) is 7.69. The molecule has 8 N–H and O–H groups in total. The summed E-state index contributed by atoms with van der Waals surface area (Å²) < 4.78 is 15.3. The number of carbonyl (C=O) groups excluding carboxylic acids is 1. The Morgan fingerprint density at radius 3 is 1.75 bits per heavy atom. The first-order chi connectivity index (χ1) is 12.5. The predicted molar refractivity (Wildman–Crippen MR) is 79.8 cm³/mol. The largest absolute Gasteiger partial charge is 2.00 e. The molecule has 0 aromatic carbocycles. The van der Waals surface area contributed by atoms with Gasteiger partial charge in [-0.3, -0.25) is 0 Å². The summed E-state index contributed by atoms with van der Waals surface area (Å²) in [5, 5.41) is 93.2. The summed E-state index contributed by atoms with van der Waals surface area (Å²) in [4.78, 5) is 8.33. The SMILES string of the molecule is O=C([O-])[O-].OC[C@H]1O[C@@H](O[C@H]2[C@H](O)[C@@H](O)[C@@H](O)O[C@@H]2CO)[C@H](O)[C@@H](O)[C@H]1O.[Ca+2]. The molecule has 2 saturated heterocycles. The molecule has 0 bridgehead atoms. The molecule has 0 aliphatic carbocycles. The third-order valence-corrected chi connectivity index (χ3v) is 3.98. The van der Waals surface area contributed by atoms with Gasteiger partial charge in [-0.15, -0.1) is 0 Å². The molecule has 14 nitrogen and oxygen atoms in total. The van der Waals surface area contributed by atoms with Gasteiger partial charge in [0.2, 0.25) is 0 Å². The number of hydrogen-bond acceptors (Lipinski definition) is 14. The topological polar surface area (TPSA) is 253 Å². The third-order valence-electron chi connectivity index (χ3n) is 3.98. The van der Waals surface area contributed by atoms with E-state index >= 15 is 0 Å². The maximum absolute atomic E-state index is 9.94. The number of carboxylic acid groups (broad SMARTS) is 2. The van der Waals surface area contributed by atoms with Crippen LogP contribution in [-0.2, 0) is 14.2 Å². The molecule has 0 amide bonds. The Kier molecular flexibility index (Phi) is 12.8. The van der Waals surface area contributed by atoms with E-state index in [9.17, 15) is 35.7 Å². The van der Waals surface area contributed by atoms with Crippen LogP contribution in [-0.4, -0.2) is 159 Å². The van der Waals surface area contributed by atoms with Crippen molar-refractivity contribution in [2.24, 2.45) is 0 Å². The molecule has 0 radical (unpaired) electrons. The number of aliphatic hydroxyl groups excluding tert-OH is 8. The maximum Gasteiger partial charge on any atom is 2.00 e. The molecule has 28 heavy (non-hydrogen) atoms. The van der Waals surface area contributed by atoms with Crippen LogP contribution in [0.3, 0.4) is 0 Å². The van der Waals surface area contributed by atoms with Crippen molar-refractivity contribution >= 4 is 43.9 Å². The van der Waals surface area contributed by atoms with Crippen LogP contribution < -0.4 is 10.2 Å². The van der Waals surface area contributed by atoms with E-state index in [0.717, 1.165) is 0 Å². The second-order valence-electron chi connectivity index (χ2n) is 5.78. The Labute approximate surface area is 188 Å². The molecule has 0 aromatic heterocycles. The van der Waals surface area contributed by atoms with Gasteiger partial charge in [-0.05, 0) is 6.16 Å². The molecule has 0 aromatic rings. The number of carbonyl (C=O) groups is 1. The zero-order valence-corrected chi connectivity index (χ0v) is 16.6. The molecule has 160 valence electrons. The molecule has 15 heteroatoms. The van der Waals surface area contributed by atoms with Crippen molar-refractivity contribution < 1.29 is 70.1 Å². The van der Waals surface area contributed by atoms with E-state index in [-0.39, 0.29) is 37.7 Å². The fraction of sp³-hybridized carbons (Fsp3) is 0.923. The Morgan fingerprint density at radius 2 is 1.29 bits per heavy atom. The minimum absolute atomic E-state index is 0. The van der Waals surface area contributed by atoms with Gasteiger partial charge in [-0.25, -0.2) is 0 Å². The molecule has 2 fully saturated rings. The van der Waals surface area contributed by atoms with Crippen LogP contribution in [0.2, 0.25) is 0 Å². The van der Waals surface area contributed by atoms with Crippen molar-refractivity contribution in [1.82, 2.24) is 0 Å². The summed E-state index contributed by atoms with van der Waals surface area (Å²) in [6.45, 7) is -1.35. The quantitative estimate of drug-likeness (QED) is 0.188. The fourth-order valence-corrected chi connectivity index (χ4v) is 2.57. The van der Waals surface area contributed by atoms with Gasteiger partial charge in [0, 0.05) is 0 Å². The number of ether oxygens (including phenoxy) is 3. The van der Waals surface area contributed by atoms with Crippen LogP contribution in [0.5, 0.6) is 0 Å². The molecule has 2 rings (SSSR count). The molecule has 2 aliphatic heterocycles. The van der Waals surface area contributed by atoms with Crippen LogP contribution in [0.4, 0.5) is 4.79 Å². The molecule has 10 atom stereocenters. The smallest absolute Gasteiger partial charge is 0.652 e.